The van der Waals surface area contributed by atoms with Crippen LogP contribution in [0.1, 0.15) is 17.5 Å². The Bertz CT molecular complexity index is 881. The normalized spacial score (nSPS) is 16.2. The van der Waals surface area contributed by atoms with E-state index >= 15 is 0 Å². The van der Waals surface area contributed by atoms with Crippen LogP contribution in [0, 0.1) is 0 Å². The van der Waals surface area contributed by atoms with Gasteiger partial charge in [0.05, 0.1) is 0 Å². The average Bonchev–Trinajstić information content (AvgIpc) is 3.14. The lowest BCUT2D eigenvalue weighted by molar-refractivity contribution is -0.274. The molecule has 1 amide bonds. The van der Waals surface area contributed by atoms with Crippen LogP contribution in [0.3, 0.4) is 0 Å². The number of anilines is 1. The van der Waals surface area contributed by atoms with Gasteiger partial charge in [-0.3, -0.25) is 14.9 Å². The first-order valence-electron chi connectivity index (χ1n) is 9.22. The molecule has 176 valence electrons. The third kappa shape index (κ3) is 8.91. The number of benzene rings is 1. The fourth-order valence-electron chi connectivity index (χ4n) is 3.16. The van der Waals surface area contributed by atoms with Crippen LogP contribution >= 0.6 is 24.8 Å². The summed E-state index contributed by atoms with van der Waals surface area (Å²) in [7, 11) is 0. The van der Waals surface area contributed by atoms with Gasteiger partial charge in [-0.2, -0.15) is 0 Å². The number of nitrogens with zero attached hydrogens (tertiary/aromatic N) is 2. The number of nitrogens with one attached hydrogen (secondary N) is 2. The Labute approximate surface area is 195 Å². The van der Waals surface area contributed by atoms with Crippen molar-refractivity contribution in [3.8, 4) is 5.75 Å². The molecule has 3 rings (SSSR count). The standard InChI is InChI=1S/C20H21F3N4O3.2ClH/c21-20(22,23)30-17-5-1-15(2-6-17)12-27-10-9-16(13-27)25-18-7-3-14(11-24-18)4-8-19(28)26-29;;/h1-8,11,16,29H,9-10,12-13H2,(H,24,25)(H,26,28);2*1H/b8-4+;;/t16-;;/m1../s1. The van der Waals surface area contributed by atoms with Gasteiger partial charge in [-0.1, -0.05) is 12.1 Å². The molecule has 0 spiro atoms. The molecule has 1 aliphatic rings. The lowest BCUT2D eigenvalue weighted by Gasteiger charge is -2.17. The van der Waals surface area contributed by atoms with Crippen molar-refractivity contribution in [2.75, 3.05) is 18.4 Å². The van der Waals surface area contributed by atoms with Gasteiger partial charge in [0.1, 0.15) is 11.6 Å². The molecule has 0 saturated carbocycles. The van der Waals surface area contributed by atoms with Crippen LogP contribution < -0.4 is 15.5 Å². The predicted octanol–water partition coefficient (Wildman–Crippen LogP) is 4.03. The van der Waals surface area contributed by atoms with Crippen molar-refractivity contribution < 1.29 is 27.9 Å². The Balaban J connectivity index is 0.00000256. The van der Waals surface area contributed by atoms with E-state index in [2.05, 4.69) is 19.9 Å². The fourth-order valence-corrected chi connectivity index (χ4v) is 3.16. The van der Waals surface area contributed by atoms with Crippen molar-refractivity contribution in [3.05, 3.63) is 59.8 Å². The van der Waals surface area contributed by atoms with Crippen LogP contribution in [0.15, 0.2) is 48.7 Å². The molecular formula is C20H23Cl2F3N4O3. The summed E-state index contributed by atoms with van der Waals surface area (Å²) in [6, 6.07) is 9.70. The van der Waals surface area contributed by atoms with E-state index in [9.17, 15) is 18.0 Å². The number of aromatic nitrogens is 1. The fraction of sp³-hybridized carbons (Fsp3) is 0.300. The van der Waals surface area contributed by atoms with E-state index in [1.807, 2.05) is 0 Å². The highest BCUT2D eigenvalue weighted by atomic mass is 35.5. The third-order valence-corrected chi connectivity index (χ3v) is 4.51. The number of amides is 1. The maximum atomic E-state index is 12.2. The number of rotatable bonds is 7. The predicted molar refractivity (Wildman–Crippen MR) is 118 cm³/mol. The highest BCUT2D eigenvalue weighted by Crippen LogP contribution is 2.24. The number of carbonyl (C=O) groups is 1. The lowest BCUT2D eigenvalue weighted by atomic mass is 10.2. The van der Waals surface area contributed by atoms with Crippen LogP contribution in [0.4, 0.5) is 19.0 Å². The highest BCUT2D eigenvalue weighted by molar-refractivity contribution is 5.90. The zero-order valence-corrected chi connectivity index (χ0v) is 18.3. The molecular weight excluding hydrogens is 472 g/mol. The Morgan fingerprint density at radius 2 is 1.94 bits per heavy atom. The highest BCUT2D eigenvalue weighted by Gasteiger charge is 2.31. The zero-order valence-electron chi connectivity index (χ0n) is 16.7. The van der Waals surface area contributed by atoms with Crippen LogP contribution in [-0.2, 0) is 11.3 Å². The first-order chi connectivity index (χ1) is 14.3. The van der Waals surface area contributed by atoms with E-state index in [1.165, 1.54) is 29.8 Å². The maximum absolute atomic E-state index is 12.2. The Morgan fingerprint density at radius 3 is 2.53 bits per heavy atom. The monoisotopic (exact) mass is 494 g/mol. The number of alkyl halides is 3. The molecule has 3 N–H and O–H groups in total. The Morgan fingerprint density at radius 1 is 1.22 bits per heavy atom. The smallest absolute Gasteiger partial charge is 0.406 e. The number of halogens is 5. The minimum absolute atomic E-state index is 0. The van der Waals surface area contributed by atoms with Crippen molar-refractivity contribution in [2.24, 2.45) is 0 Å². The second-order valence-electron chi connectivity index (χ2n) is 6.84. The van der Waals surface area contributed by atoms with E-state index in [-0.39, 0.29) is 36.6 Å². The summed E-state index contributed by atoms with van der Waals surface area (Å²) < 4.78 is 40.6. The molecule has 1 aromatic heterocycles. The molecule has 2 aromatic rings. The summed E-state index contributed by atoms with van der Waals surface area (Å²) in [5.41, 5.74) is 3.14. The molecule has 0 radical (unpaired) electrons. The van der Waals surface area contributed by atoms with Gasteiger partial charge in [-0.05, 0) is 47.9 Å². The number of pyridine rings is 1. The van der Waals surface area contributed by atoms with Crippen LogP contribution in [0.25, 0.3) is 6.08 Å². The molecule has 32 heavy (non-hydrogen) atoms. The number of ether oxygens (including phenoxy) is 1. The van der Waals surface area contributed by atoms with Crippen molar-refractivity contribution >= 4 is 42.6 Å². The van der Waals surface area contributed by atoms with Gasteiger partial charge in [-0.25, -0.2) is 10.5 Å². The van der Waals surface area contributed by atoms with E-state index in [4.69, 9.17) is 5.21 Å². The Kier molecular flexibility index (Phi) is 10.7. The average molecular weight is 495 g/mol. The van der Waals surface area contributed by atoms with Crippen LogP contribution in [0.2, 0.25) is 0 Å². The Hall–Kier alpha value is -2.53. The summed E-state index contributed by atoms with van der Waals surface area (Å²) in [6.45, 7) is 2.27. The first-order valence-corrected chi connectivity index (χ1v) is 9.22. The number of hydroxylamine groups is 1. The number of hydrogen-bond donors (Lipinski definition) is 3. The molecule has 12 heteroatoms. The molecule has 1 atom stereocenters. The van der Waals surface area contributed by atoms with Gasteiger partial charge < -0.3 is 10.1 Å². The topological polar surface area (TPSA) is 86.7 Å². The van der Waals surface area contributed by atoms with E-state index in [1.54, 1.807) is 30.5 Å². The number of likely N-dealkylation sites (tertiary alicyclic amines) is 1. The van der Waals surface area contributed by atoms with Gasteiger partial charge in [0.25, 0.3) is 5.91 Å². The quantitative estimate of drug-likeness (QED) is 0.306. The summed E-state index contributed by atoms with van der Waals surface area (Å²) in [5, 5.41) is 11.8. The van der Waals surface area contributed by atoms with E-state index in [0.717, 1.165) is 30.6 Å². The van der Waals surface area contributed by atoms with E-state index < -0.39 is 12.3 Å². The van der Waals surface area contributed by atoms with Crippen molar-refractivity contribution in [1.29, 1.82) is 0 Å². The molecule has 1 aliphatic heterocycles. The molecule has 1 aromatic carbocycles. The largest absolute Gasteiger partial charge is 0.573 e. The number of hydrogen-bond acceptors (Lipinski definition) is 6. The SMILES string of the molecule is Cl.Cl.O=C(/C=C/c1ccc(N[C@@H]2CCN(Cc3ccc(OC(F)(F)F)cc3)C2)nc1)NO. The molecule has 2 heterocycles. The second kappa shape index (κ2) is 12.5. The minimum Gasteiger partial charge on any atom is -0.406 e. The van der Waals surface area contributed by atoms with Gasteiger partial charge >= 0.3 is 6.36 Å². The zero-order chi connectivity index (χ0) is 21.6. The first kappa shape index (κ1) is 27.5. The summed E-state index contributed by atoms with van der Waals surface area (Å²) in [5.74, 6) is -0.140. The molecule has 1 saturated heterocycles. The number of carbonyl (C=O) groups excluding carboxylic acids is 1. The van der Waals surface area contributed by atoms with Crippen LogP contribution in [0.5, 0.6) is 5.75 Å². The molecule has 0 unspecified atom stereocenters. The lowest BCUT2D eigenvalue weighted by Crippen LogP contribution is -2.26. The summed E-state index contributed by atoms with van der Waals surface area (Å²) >= 11 is 0. The van der Waals surface area contributed by atoms with Gasteiger partial charge in [0, 0.05) is 37.9 Å². The van der Waals surface area contributed by atoms with Crippen LogP contribution in [-0.4, -0.2) is 46.5 Å². The minimum atomic E-state index is -4.69. The van der Waals surface area contributed by atoms with E-state index in [0.29, 0.717) is 12.4 Å². The molecule has 7 nitrogen and oxygen atoms in total. The molecule has 1 fully saturated rings. The maximum Gasteiger partial charge on any atom is 0.573 e. The molecule has 0 bridgehead atoms. The van der Waals surface area contributed by atoms with Crippen molar-refractivity contribution in [3.63, 3.8) is 0 Å². The summed E-state index contributed by atoms with van der Waals surface area (Å²) in [4.78, 5) is 17.5. The van der Waals surface area contributed by atoms with Gasteiger partial charge in [-0.15, -0.1) is 38.0 Å². The second-order valence-corrected chi connectivity index (χ2v) is 6.84. The van der Waals surface area contributed by atoms with Gasteiger partial charge in [0.15, 0.2) is 0 Å². The molecule has 0 aliphatic carbocycles. The van der Waals surface area contributed by atoms with Crippen molar-refractivity contribution in [1.82, 2.24) is 15.4 Å². The third-order valence-electron chi connectivity index (χ3n) is 4.51. The van der Waals surface area contributed by atoms with Gasteiger partial charge in [0.2, 0.25) is 0 Å². The van der Waals surface area contributed by atoms with Crippen molar-refractivity contribution in [2.45, 2.75) is 25.4 Å². The summed E-state index contributed by atoms with van der Waals surface area (Å²) in [6.07, 6.45) is 0.563.